The van der Waals surface area contributed by atoms with Gasteiger partial charge in [0.05, 0.1) is 13.5 Å². The largest absolute Gasteiger partial charge is 0.493 e. The Kier molecular flexibility index (Phi) is 4.35. The first kappa shape index (κ1) is 16.2. The minimum Gasteiger partial charge on any atom is -0.493 e. The Balaban J connectivity index is 2.30. The first-order valence-electron chi connectivity index (χ1n) is 6.63. The van der Waals surface area contributed by atoms with E-state index in [1.165, 1.54) is 14.2 Å². The lowest BCUT2D eigenvalue weighted by Gasteiger charge is -2.17. The number of methoxy groups -OCH3 is 1. The van der Waals surface area contributed by atoms with E-state index in [2.05, 4.69) is 0 Å². The topological polar surface area (TPSA) is 42.7 Å². The van der Waals surface area contributed by atoms with Crippen molar-refractivity contribution in [2.75, 3.05) is 20.7 Å². The minimum absolute atomic E-state index is 0.0316. The SMILES string of the molecule is COc1cccc2c(C)c(C(=O)N(C)CCC(F)(F)F)oc12. The highest BCUT2D eigenvalue weighted by molar-refractivity contribution is 6.00. The number of furan rings is 1. The Labute approximate surface area is 125 Å². The molecule has 4 nitrogen and oxygen atoms in total. The Hall–Kier alpha value is -2.18. The predicted octanol–water partition coefficient (Wildman–Crippen LogP) is 3.77. The number of carbonyl (C=O) groups is 1. The zero-order chi connectivity index (χ0) is 16.5. The van der Waals surface area contributed by atoms with Gasteiger partial charge in [-0.2, -0.15) is 13.2 Å². The van der Waals surface area contributed by atoms with E-state index in [0.29, 0.717) is 22.3 Å². The molecule has 7 heteroatoms. The van der Waals surface area contributed by atoms with E-state index < -0.39 is 25.0 Å². The van der Waals surface area contributed by atoms with Crippen molar-refractivity contribution in [3.05, 3.63) is 29.5 Å². The van der Waals surface area contributed by atoms with Crippen molar-refractivity contribution in [1.82, 2.24) is 4.90 Å². The third-order valence-electron chi connectivity index (χ3n) is 3.42. The van der Waals surface area contributed by atoms with Crippen molar-refractivity contribution in [2.24, 2.45) is 0 Å². The smallest absolute Gasteiger partial charge is 0.390 e. The standard InChI is InChI=1S/C15H16F3NO3/c1-9-10-5-4-6-11(21-3)13(10)22-12(9)14(20)19(2)8-7-15(16,17)18/h4-6H,7-8H2,1-3H3. The van der Waals surface area contributed by atoms with Gasteiger partial charge in [0.15, 0.2) is 17.1 Å². The third-order valence-corrected chi connectivity index (χ3v) is 3.42. The zero-order valence-electron chi connectivity index (χ0n) is 12.5. The average molecular weight is 315 g/mol. The minimum atomic E-state index is -4.30. The molecular weight excluding hydrogens is 299 g/mol. The van der Waals surface area contributed by atoms with Crippen LogP contribution in [0.15, 0.2) is 22.6 Å². The van der Waals surface area contributed by atoms with Crippen LogP contribution < -0.4 is 4.74 Å². The Morgan fingerprint density at radius 3 is 2.64 bits per heavy atom. The van der Waals surface area contributed by atoms with Crippen molar-refractivity contribution >= 4 is 16.9 Å². The van der Waals surface area contributed by atoms with Crippen LogP contribution in [-0.2, 0) is 0 Å². The van der Waals surface area contributed by atoms with Gasteiger partial charge < -0.3 is 14.1 Å². The van der Waals surface area contributed by atoms with Crippen molar-refractivity contribution in [3.8, 4) is 5.75 Å². The normalized spacial score (nSPS) is 11.7. The number of hydrogen-bond acceptors (Lipinski definition) is 3. The van der Waals surface area contributed by atoms with Crippen molar-refractivity contribution in [3.63, 3.8) is 0 Å². The zero-order valence-corrected chi connectivity index (χ0v) is 12.5. The van der Waals surface area contributed by atoms with E-state index in [-0.39, 0.29) is 5.76 Å². The number of para-hydroxylation sites is 1. The molecular formula is C15H16F3NO3. The molecule has 1 heterocycles. The lowest BCUT2D eigenvalue weighted by Crippen LogP contribution is -2.30. The van der Waals surface area contributed by atoms with Gasteiger partial charge in [0.1, 0.15) is 0 Å². The molecule has 1 aromatic carbocycles. The van der Waals surface area contributed by atoms with Crippen molar-refractivity contribution in [1.29, 1.82) is 0 Å². The van der Waals surface area contributed by atoms with E-state index in [1.54, 1.807) is 25.1 Å². The molecule has 0 aliphatic rings. The molecule has 0 unspecified atom stereocenters. The summed E-state index contributed by atoms with van der Waals surface area (Å²) in [5.41, 5.74) is 0.993. The molecule has 0 aliphatic heterocycles. The van der Waals surface area contributed by atoms with Gasteiger partial charge in [-0.05, 0) is 13.0 Å². The molecule has 0 atom stereocenters. The summed E-state index contributed by atoms with van der Waals surface area (Å²) in [6.07, 6.45) is -5.36. The molecule has 0 fully saturated rings. The van der Waals surface area contributed by atoms with Gasteiger partial charge in [-0.3, -0.25) is 4.79 Å². The highest BCUT2D eigenvalue weighted by Gasteiger charge is 2.29. The monoisotopic (exact) mass is 315 g/mol. The molecule has 1 aromatic heterocycles. The molecule has 2 aromatic rings. The molecule has 0 aliphatic carbocycles. The van der Waals surface area contributed by atoms with Gasteiger partial charge in [-0.25, -0.2) is 0 Å². The molecule has 120 valence electrons. The van der Waals surface area contributed by atoms with Gasteiger partial charge >= 0.3 is 6.18 Å². The molecule has 0 saturated carbocycles. The average Bonchev–Trinajstić information content (AvgIpc) is 2.80. The molecule has 22 heavy (non-hydrogen) atoms. The lowest BCUT2D eigenvalue weighted by atomic mass is 10.1. The maximum atomic E-state index is 12.3. The number of rotatable bonds is 4. The number of nitrogens with zero attached hydrogens (tertiary/aromatic N) is 1. The number of amides is 1. The number of alkyl halides is 3. The quantitative estimate of drug-likeness (QED) is 0.862. The van der Waals surface area contributed by atoms with Crippen LogP contribution in [0.2, 0.25) is 0 Å². The number of benzene rings is 1. The summed E-state index contributed by atoms with van der Waals surface area (Å²) in [5.74, 6) is -0.0817. The fourth-order valence-electron chi connectivity index (χ4n) is 2.15. The molecule has 0 spiro atoms. The number of ether oxygens (including phenoxy) is 1. The maximum Gasteiger partial charge on any atom is 0.390 e. The number of halogens is 3. The summed E-state index contributed by atoms with van der Waals surface area (Å²) in [6.45, 7) is 1.27. The van der Waals surface area contributed by atoms with Gasteiger partial charge in [0.25, 0.3) is 5.91 Å². The second-order valence-electron chi connectivity index (χ2n) is 4.99. The van der Waals surface area contributed by atoms with Crippen LogP contribution in [0.25, 0.3) is 11.0 Å². The highest BCUT2D eigenvalue weighted by atomic mass is 19.4. The second kappa shape index (κ2) is 5.90. The summed E-state index contributed by atoms with van der Waals surface area (Å²) in [7, 11) is 2.79. The van der Waals surface area contributed by atoms with Gasteiger partial charge in [0.2, 0.25) is 0 Å². The highest BCUT2D eigenvalue weighted by Crippen LogP contribution is 2.32. The fraction of sp³-hybridized carbons (Fsp3) is 0.400. The van der Waals surface area contributed by atoms with Crippen LogP contribution in [0.1, 0.15) is 22.5 Å². The van der Waals surface area contributed by atoms with Crippen LogP contribution in [0, 0.1) is 6.92 Å². The Morgan fingerprint density at radius 2 is 2.05 bits per heavy atom. The lowest BCUT2D eigenvalue weighted by molar-refractivity contribution is -0.136. The summed E-state index contributed by atoms with van der Waals surface area (Å²) in [4.78, 5) is 13.3. The number of aryl methyl sites for hydroxylation is 1. The second-order valence-corrected chi connectivity index (χ2v) is 4.99. The van der Waals surface area contributed by atoms with Crippen LogP contribution in [-0.4, -0.2) is 37.7 Å². The van der Waals surface area contributed by atoms with Crippen LogP contribution in [0.3, 0.4) is 0 Å². The van der Waals surface area contributed by atoms with Crippen LogP contribution in [0.5, 0.6) is 5.75 Å². The van der Waals surface area contributed by atoms with Crippen molar-refractivity contribution in [2.45, 2.75) is 19.5 Å². The van der Waals surface area contributed by atoms with E-state index in [0.717, 1.165) is 4.90 Å². The van der Waals surface area contributed by atoms with Gasteiger partial charge in [-0.1, -0.05) is 12.1 Å². The summed E-state index contributed by atoms with van der Waals surface area (Å²) in [6, 6.07) is 5.21. The van der Waals surface area contributed by atoms with E-state index in [4.69, 9.17) is 9.15 Å². The van der Waals surface area contributed by atoms with Gasteiger partial charge in [0, 0.05) is 24.5 Å². The molecule has 0 N–H and O–H groups in total. The van der Waals surface area contributed by atoms with E-state index in [9.17, 15) is 18.0 Å². The Bertz CT molecular complexity index is 691. The predicted molar refractivity (Wildman–Crippen MR) is 75.1 cm³/mol. The number of fused-ring (bicyclic) bond motifs is 1. The van der Waals surface area contributed by atoms with Crippen LogP contribution >= 0.6 is 0 Å². The summed E-state index contributed by atoms with van der Waals surface area (Å²) >= 11 is 0. The van der Waals surface area contributed by atoms with E-state index >= 15 is 0 Å². The molecule has 0 saturated heterocycles. The van der Waals surface area contributed by atoms with E-state index in [1.807, 2.05) is 0 Å². The van der Waals surface area contributed by atoms with Crippen molar-refractivity contribution < 1.29 is 27.1 Å². The number of hydrogen-bond donors (Lipinski definition) is 0. The molecule has 0 bridgehead atoms. The summed E-state index contributed by atoms with van der Waals surface area (Å²) in [5, 5.41) is 0.701. The van der Waals surface area contributed by atoms with Gasteiger partial charge in [-0.15, -0.1) is 0 Å². The molecule has 2 rings (SSSR count). The molecule has 1 amide bonds. The first-order valence-corrected chi connectivity index (χ1v) is 6.63. The Morgan fingerprint density at radius 1 is 1.36 bits per heavy atom. The molecule has 0 radical (unpaired) electrons. The van der Waals surface area contributed by atoms with Crippen LogP contribution in [0.4, 0.5) is 13.2 Å². The third kappa shape index (κ3) is 3.18. The maximum absolute atomic E-state index is 12.3. The fourth-order valence-corrected chi connectivity index (χ4v) is 2.15. The first-order chi connectivity index (χ1) is 10.2. The summed E-state index contributed by atoms with van der Waals surface area (Å²) < 4.78 is 47.4. The number of carbonyl (C=O) groups excluding carboxylic acids is 1.